The quantitative estimate of drug-likeness (QED) is 0.578. The molecule has 0 spiro atoms. The van der Waals surface area contributed by atoms with Crippen molar-refractivity contribution in [3.05, 3.63) is 53.7 Å². The number of ether oxygens (including phenoxy) is 1. The average Bonchev–Trinajstić information content (AvgIpc) is 2.96. The van der Waals surface area contributed by atoms with E-state index in [0.29, 0.717) is 23.6 Å². The average molecular weight is 427 g/mol. The van der Waals surface area contributed by atoms with Crippen LogP contribution in [0.2, 0.25) is 0 Å². The fourth-order valence-corrected chi connectivity index (χ4v) is 3.83. The number of methoxy groups -OCH3 is 1. The molecule has 31 heavy (non-hydrogen) atoms. The first kappa shape index (κ1) is 21.1. The number of anilines is 2. The molecule has 0 bridgehead atoms. The maximum absolute atomic E-state index is 14.8. The van der Waals surface area contributed by atoms with Gasteiger partial charge in [0.15, 0.2) is 0 Å². The van der Waals surface area contributed by atoms with Crippen molar-refractivity contribution in [2.24, 2.45) is 0 Å². The number of aliphatic hydroxyl groups excluding tert-OH is 1. The van der Waals surface area contributed by atoms with Gasteiger partial charge in [0.2, 0.25) is 0 Å². The van der Waals surface area contributed by atoms with Crippen molar-refractivity contribution in [2.45, 2.75) is 19.4 Å². The van der Waals surface area contributed by atoms with E-state index in [1.807, 2.05) is 11.8 Å². The number of benzene rings is 1. The van der Waals surface area contributed by atoms with Gasteiger partial charge in [-0.1, -0.05) is 0 Å². The molecule has 1 saturated heterocycles. The van der Waals surface area contributed by atoms with Crippen molar-refractivity contribution < 1.29 is 19.0 Å². The highest BCUT2D eigenvalue weighted by Crippen LogP contribution is 2.26. The van der Waals surface area contributed by atoms with Gasteiger partial charge in [-0.15, -0.1) is 0 Å². The summed E-state index contributed by atoms with van der Waals surface area (Å²) in [5, 5.41) is 15.4. The minimum Gasteiger partial charge on any atom is -0.496 e. The number of aryl methyl sites for hydroxylation is 1. The van der Waals surface area contributed by atoms with Crippen LogP contribution in [0.25, 0.3) is 5.65 Å². The maximum Gasteiger partial charge on any atom is 0.261 e. The summed E-state index contributed by atoms with van der Waals surface area (Å²) in [6, 6.07) is 6.36. The van der Waals surface area contributed by atoms with E-state index < -0.39 is 11.7 Å². The molecule has 1 unspecified atom stereocenters. The summed E-state index contributed by atoms with van der Waals surface area (Å²) in [6.45, 7) is 4.04. The number of hydrogen-bond donors (Lipinski definition) is 3. The third-order valence-corrected chi connectivity index (χ3v) is 5.40. The van der Waals surface area contributed by atoms with E-state index in [9.17, 15) is 14.3 Å². The van der Waals surface area contributed by atoms with Crippen LogP contribution in [0, 0.1) is 12.7 Å². The smallest absolute Gasteiger partial charge is 0.261 e. The molecule has 9 heteroatoms. The predicted octanol–water partition coefficient (Wildman–Crippen LogP) is 2.20. The molecule has 164 valence electrons. The largest absolute Gasteiger partial charge is 0.496 e. The molecule has 8 nitrogen and oxygen atoms in total. The second-order valence-corrected chi connectivity index (χ2v) is 7.65. The Morgan fingerprint density at radius 1 is 1.39 bits per heavy atom. The Morgan fingerprint density at radius 2 is 2.23 bits per heavy atom. The molecule has 0 saturated carbocycles. The van der Waals surface area contributed by atoms with Crippen LogP contribution in [-0.4, -0.2) is 59.8 Å². The van der Waals surface area contributed by atoms with Gasteiger partial charge in [-0.05, 0) is 38.1 Å². The van der Waals surface area contributed by atoms with Gasteiger partial charge in [0.1, 0.15) is 17.2 Å². The lowest BCUT2D eigenvalue weighted by Crippen LogP contribution is -2.40. The van der Waals surface area contributed by atoms with Crippen molar-refractivity contribution in [3.63, 3.8) is 0 Å². The Labute approximate surface area is 179 Å². The fourth-order valence-electron chi connectivity index (χ4n) is 3.83. The summed E-state index contributed by atoms with van der Waals surface area (Å²) in [5.41, 5.74) is 2.55. The third kappa shape index (κ3) is 4.47. The first-order chi connectivity index (χ1) is 15.0. The van der Waals surface area contributed by atoms with E-state index in [1.165, 1.54) is 13.2 Å². The summed E-state index contributed by atoms with van der Waals surface area (Å²) in [5.74, 6) is -0.641. The van der Waals surface area contributed by atoms with Crippen molar-refractivity contribution in [1.29, 1.82) is 0 Å². The lowest BCUT2D eigenvalue weighted by molar-refractivity contribution is 0.102. The molecule has 3 N–H and O–H groups in total. The predicted molar refractivity (Wildman–Crippen MR) is 117 cm³/mol. The normalized spacial score (nSPS) is 16.9. The van der Waals surface area contributed by atoms with E-state index in [2.05, 4.69) is 15.6 Å². The number of fused-ring (bicyclic) bond motifs is 1. The Bertz CT molecular complexity index is 1100. The number of nitrogens with zero attached hydrogens (tertiary/aromatic N) is 3. The first-order valence-corrected chi connectivity index (χ1v) is 10.2. The van der Waals surface area contributed by atoms with Gasteiger partial charge in [0.25, 0.3) is 5.91 Å². The standard InChI is InChI=1S/C22H26FN5O3/c1-14-10-28-12-17(20(31-2)9-21(28)25-14)22(30)26-19-5-4-16(8-18(19)23)27-7-3-6-24-15(11-27)13-29/h4-5,8-10,12,15,24,29H,3,6-7,11,13H2,1-2H3,(H,26,30). The maximum atomic E-state index is 14.8. The number of rotatable bonds is 5. The van der Waals surface area contributed by atoms with Crippen LogP contribution in [-0.2, 0) is 0 Å². The zero-order valence-electron chi connectivity index (χ0n) is 17.6. The minimum atomic E-state index is -0.526. The van der Waals surface area contributed by atoms with Gasteiger partial charge in [-0.25, -0.2) is 9.37 Å². The lowest BCUT2D eigenvalue weighted by Gasteiger charge is -2.26. The molecule has 2 aromatic heterocycles. The number of halogens is 1. The second kappa shape index (κ2) is 8.91. The minimum absolute atomic E-state index is 0.0236. The van der Waals surface area contributed by atoms with Crippen molar-refractivity contribution in [3.8, 4) is 5.75 Å². The van der Waals surface area contributed by atoms with Crippen LogP contribution in [0.3, 0.4) is 0 Å². The van der Waals surface area contributed by atoms with Crippen LogP contribution in [0.1, 0.15) is 22.5 Å². The number of amides is 1. The highest BCUT2D eigenvalue weighted by molar-refractivity contribution is 6.06. The zero-order valence-corrected chi connectivity index (χ0v) is 17.6. The number of carbonyl (C=O) groups excluding carboxylic acids is 1. The number of pyridine rings is 1. The molecule has 1 aromatic carbocycles. The topological polar surface area (TPSA) is 91.1 Å². The van der Waals surface area contributed by atoms with Gasteiger partial charge in [0, 0.05) is 43.3 Å². The second-order valence-electron chi connectivity index (χ2n) is 7.65. The van der Waals surface area contributed by atoms with E-state index in [4.69, 9.17) is 4.74 Å². The Hall–Kier alpha value is -3.17. The molecule has 1 atom stereocenters. The molecule has 3 heterocycles. The van der Waals surface area contributed by atoms with Crippen LogP contribution >= 0.6 is 0 Å². The summed E-state index contributed by atoms with van der Waals surface area (Å²) in [4.78, 5) is 19.3. The molecule has 0 aliphatic carbocycles. The number of nitrogens with one attached hydrogen (secondary N) is 2. The number of hydrogen-bond acceptors (Lipinski definition) is 6. The van der Waals surface area contributed by atoms with Crippen LogP contribution in [0.15, 0.2) is 36.7 Å². The molecule has 1 aliphatic rings. The number of carbonyl (C=O) groups is 1. The van der Waals surface area contributed by atoms with Gasteiger partial charge >= 0.3 is 0 Å². The summed E-state index contributed by atoms with van der Waals surface area (Å²) in [7, 11) is 1.48. The van der Waals surface area contributed by atoms with Crippen molar-refractivity contribution >= 4 is 22.9 Å². The molecule has 1 amide bonds. The van der Waals surface area contributed by atoms with Gasteiger partial charge in [0.05, 0.1) is 30.7 Å². The van der Waals surface area contributed by atoms with Crippen LogP contribution < -0.4 is 20.3 Å². The van der Waals surface area contributed by atoms with Gasteiger partial charge in [-0.3, -0.25) is 4.79 Å². The van der Waals surface area contributed by atoms with Crippen molar-refractivity contribution in [1.82, 2.24) is 14.7 Å². The zero-order chi connectivity index (χ0) is 22.0. The molecule has 3 aromatic rings. The summed E-state index contributed by atoms with van der Waals surface area (Å²) >= 11 is 0. The summed E-state index contributed by atoms with van der Waals surface area (Å²) in [6.07, 6.45) is 4.32. The molecular weight excluding hydrogens is 401 g/mol. The number of aliphatic hydroxyl groups is 1. The molecular formula is C22H26FN5O3. The fraction of sp³-hybridized carbons (Fsp3) is 0.364. The third-order valence-electron chi connectivity index (χ3n) is 5.40. The summed E-state index contributed by atoms with van der Waals surface area (Å²) < 4.78 is 21.9. The van der Waals surface area contributed by atoms with E-state index in [0.717, 1.165) is 25.2 Å². The van der Waals surface area contributed by atoms with Crippen molar-refractivity contribution in [2.75, 3.05) is 43.6 Å². The van der Waals surface area contributed by atoms with E-state index in [-0.39, 0.29) is 23.9 Å². The molecule has 0 radical (unpaired) electrons. The highest BCUT2D eigenvalue weighted by Gasteiger charge is 2.20. The Kier molecular flexibility index (Phi) is 6.06. The molecule has 4 rings (SSSR count). The lowest BCUT2D eigenvalue weighted by atomic mass is 10.2. The van der Waals surface area contributed by atoms with Crippen LogP contribution in [0.5, 0.6) is 5.75 Å². The van der Waals surface area contributed by atoms with Gasteiger partial charge in [-0.2, -0.15) is 0 Å². The first-order valence-electron chi connectivity index (χ1n) is 10.2. The molecule has 1 fully saturated rings. The van der Waals surface area contributed by atoms with Gasteiger partial charge < -0.3 is 29.8 Å². The Morgan fingerprint density at radius 3 is 2.97 bits per heavy atom. The van der Waals surface area contributed by atoms with E-state index in [1.54, 1.807) is 35.0 Å². The Balaban J connectivity index is 1.55. The number of imidazole rings is 1. The SMILES string of the molecule is COc1cc2nc(C)cn2cc1C(=O)Nc1ccc(N2CCCNC(CO)C2)cc1F. The number of aromatic nitrogens is 2. The monoisotopic (exact) mass is 427 g/mol. The molecule has 1 aliphatic heterocycles. The van der Waals surface area contributed by atoms with Crippen LogP contribution in [0.4, 0.5) is 15.8 Å². The highest BCUT2D eigenvalue weighted by atomic mass is 19.1. The van der Waals surface area contributed by atoms with E-state index >= 15 is 0 Å².